The summed E-state index contributed by atoms with van der Waals surface area (Å²) in [7, 11) is 1.69. The lowest BCUT2D eigenvalue weighted by Gasteiger charge is -2.30. The van der Waals surface area contributed by atoms with Crippen LogP contribution in [0.5, 0.6) is 5.75 Å². The van der Waals surface area contributed by atoms with E-state index in [2.05, 4.69) is 93.0 Å². The van der Waals surface area contributed by atoms with E-state index in [4.69, 9.17) is 14.1 Å². The van der Waals surface area contributed by atoms with Crippen molar-refractivity contribution in [1.82, 2.24) is 24.9 Å². The summed E-state index contributed by atoms with van der Waals surface area (Å²) in [5.74, 6) is 2.28. The second kappa shape index (κ2) is 12.4. The van der Waals surface area contributed by atoms with E-state index < -0.39 is 0 Å². The van der Waals surface area contributed by atoms with Gasteiger partial charge in [0.2, 0.25) is 11.8 Å². The van der Waals surface area contributed by atoms with Gasteiger partial charge in [-0.15, -0.1) is 5.10 Å². The standard InChI is InChI=1S/C33H36N6O2/c1-25-33-38(22-27-13-7-4-8-14-27)23-29-24-39(36-35-29)20-10-9-19-37(21-26-11-5-3-6-12-26)31(32(34-25)41-33)28-15-17-30(40-2)18-16-28/h3-8,11-18,24,31H,9-10,19-23H2,1-2H3. The summed E-state index contributed by atoms with van der Waals surface area (Å²) < 4.78 is 14.2. The number of rotatable bonds is 6. The molecule has 0 spiro atoms. The van der Waals surface area contributed by atoms with Gasteiger partial charge >= 0.3 is 0 Å². The lowest BCUT2D eigenvalue weighted by atomic mass is 10.0. The Morgan fingerprint density at radius 1 is 0.854 bits per heavy atom. The normalized spacial score (nSPS) is 16.3. The minimum Gasteiger partial charge on any atom is -0.497 e. The molecule has 3 heterocycles. The number of aromatic nitrogens is 4. The zero-order valence-corrected chi connectivity index (χ0v) is 23.7. The number of hydrogen-bond donors (Lipinski definition) is 0. The summed E-state index contributed by atoms with van der Waals surface area (Å²) in [5.41, 5.74) is 5.33. The molecule has 2 aromatic heterocycles. The zero-order valence-electron chi connectivity index (χ0n) is 23.7. The van der Waals surface area contributed by atoms with Crippen LogP contribution in [0.3, 0.4) is 0 Å². The molecule has 210 valence electrons. The first-order valence-corrected chi connectivity index (χ1v) is 14.2. The van der Waals surface area contributed by atoms with Crippen molar-refractivity contribution in [3.8, 4) is 5.75 Å². The average molecular weight is 549 g/mol. The van der Waals surface area contributed by atoms with E-state index in [0.29, 0.717) is 19.0 Å². The molecular weight excluding hydrogens is 512 g/mol. The Hall–Kier alpha value is -4.43. The predicted octanol–water partition coefficient (Wildman–Crippen LogP) is 6.18. The minimum atomic E-state index is -0.166. The Kier molecular flexibility index (Phi) is 8.09. The molecule has 0 radical (unpaired) electrons. The van der Waals surface area contributed by atoms with E-state index in [1.54, 1.807) is 7.11 Å². The van der Waals surface area contributed by atoms with Gasteiger partial charge in [0.25, 0.3) is 0 Å². The summed E-state index contributed by atoms with van der Waals surface area (Å²) in [6.45, 7) is 5.75. The van der Waals surface area contributed by atoms with E-state index in [0.717, 1.165) is 61.1 Å². The molecule has 1 aliphatic rings. The molecule has 0 aliphatic carbocycles. The van der Waals surface area contributed by atoms with Crippen molar-refractivity contribution in [3.05, 3.63) is 125 Å². The highest BCUT2D eigenvalue weighted by Crippen LogP contribution is 2.35. The van der Waals surface area contributed by atoms with Crippen LogP contribution in [0.2, 0.25) is 0 Å². The van der Waals surface area contributed by atoms with Crippen molar-refractivity contribution >= 4 is 5.88 Å². The first-order valence-electron chi connectivity index (χ1n) is 14.2. The molecule has 8 nitrogen and oxygen atoms in total. The fourth-order valence-corrected chi connectivity index (χ4v) is 5.54. The van der Waals surface area contributed by atoms with Gasteiger partial charge in [-0.1, -0.05) is 78.0 Å². The molecule has 3 aromatic carbocycles. The molecule has 5 aromatic rings. The minimum absolute atomic E-state index is 0.166. The third kappa shape index (κ3) is 6.33. The first-order chi connectivity index (χ1) is 20.2. The van der Waals surface area contributed by atoms with Crippen molar-refractivity contribution in [3.63, 3.8) is 0 Å². The highest BCUT2D eigenvalue weighted by atomic mass is 16.5. The van der Waals surface area contributed by atoms with Gasteiger partial charge in [-0.2, -0.15) is 0 Å². The molecule has 8 heteroatoms. The SMILES string of the molecule is COc1ccc(C2c3nc(C)c(o3)N(Cc3ccccc3)Cc3cn(nn3)CCCCN2Cc2ccccc2)cc1. The van der Waals surface area contributed by atoms with Crippen LogP contribution < -0.4 is 9.64 Å². The number of ether oxygens (including phenoxy) is 1. The van der Waals surface area contributed by atoms with Gasteiger partial charge < -0.3 is 14.1 Å². The molecule has 0 fully saturated rings. The third-order valence-electron chi connectivity index (χ3n) is 7.57. The van der Waals surface area contributed by atoms with Gasteiger partial charge in [-0.05, 0) is 55.1 Å². The molecule has 6 rings (SSSR count). The Balaban J connectivity index is 1.45. The van der Waals surface area contributed by atoms with Gasteiger partial charge in [0.1, 0.15) is 23.2 Å². The topological polar surface area (TPSA) is 72.5 Å². The fourth-order valence-electron chi connectivity index (χ4n) is 5.54. The zero-order chi connectivity index (χ0) is 28.0. The van der Waals surface area contributed by atoms with E-state index in [1.807, 2.05) is 29.8 Å². The number of aryl methyl sites for hydroxylation is 2. The fraction of sp³-hybridized carbons (Fsp3) is 0.303. The van der Waals surface area contributed by atoms with Crippen LogP contribution in [0.4, 0.5) is 5.88 Å². The molecule has 0 amide bonds. The maximum Gasteiger partial charge on any atom is 0.220 e. The summed E-state index contributed by atoms with van der Waals surface area (Å²) in [5, 5.41) is 8.92. The van der Waals surface area contributed by atoms with Gasteiger partial charge in [0.15, 0.2) is 0 Å². The van der Waals surface area contributed by atoms with E-state index in [1.165, 1.54) is 11.1 Å². The number of oxazole rings is 1. The molecular formula is C33H36N6O2. The summed E-state index contributed by atoms with van der Waals surface area (Å²) in [6, 6.07) is 29.2. The van der Waals surface area contributed by atoms with Crippen LogP contribution in [-0.2, 0) is 26.2 Å². The number of anilines is 1. The average Bonchev–Trinajstić information content (AvgIpc) is 3.61. The molecule has 4 bridgehead atoms. The van der Waals surface area contributed by atoms with Gasteiger partial charge in [0.05, 0.1) is 19.9 Å². The molecule has 1 aliphatic heterocycles. The monoisotopic (exact) mass is 548 g/mol. The summed E-state index contributed by atoms with van der Waals surface area (Å²) >= 11 is 0. The maximum atomic E-state index is 6.77. The van der Waals surface area contributed by atoms with Crippen molar-refractivity contribution < 1.29 is 9.15 Å². The Labute approximate surface area is 241 Å². The van der Waals surface area contributed by atoms with Crippen molar-refractivity contribution in [2.45, 2.75) is 52.0 Å². The highest BCUT2D eigenvalue weighted by molar-refractivity contribution is 5.43. The Morgan fingerprint density at radius 3 is 2.24 bits per heavy atom. The number of hydrogen-bond acceptors (Lipinski definition) is 7. The molecule has 1 atom stereocenters. The quantitative estimate of drug-likeness (QED) is 0.251. The van der Waals surface area contributed by atoms with E-state index in [9.17, 15) is 0 Å². The van der Waals surface area contributed by atoms with Crippen LogP contribution in [-0.4, -0.2) is 38.5 Å². The third-order valence-corrected chi connectivity index (χ3v) is 7.57. The highest BCUT2D eigenvalue weighted by Gasteiger charge is 2.30. The molecule has 0 saturated carbocycles. The van der Waals surface area contributed by atoms with Gasteiger partial charge in [0, 0.05) is 19.6 Å². The second-order valence-electron chi connectivity index (χ2n) is 10.6. The summed E-state index contributed by atoms with van der Waals surface area (Å²) in [4.78, 5) is 9.78. The summed E-state index contributed by atoms with van der Waals surface area (Å²) in [6.07, 6.45) is 4.05. The lowest BCUT2D eigenvalue weighted by Crippen LogP contribution is -2.31. The van der Waals surface area contributed by atoms with Crippen molar-refractivity contribution in [2.24, 2.45) is 0 Å². The predicted molar refractivity (Wildman–Crippen MR) is 159 cm³/mol. The van der Waals surface area contributed by atoms with Crippen LogP contribution >= 0.6 is 0 Å². The van der Waals surface area contributed by atoms with Crippen LogP contribution in [0.1, 0.15) is 52.9 Å². The van der Waals surface area contributed by atoms with Crippen LogP contribution in [0.15, 0.2) is 95.5 Å². The molecule has 0 N–H and O–H groups in total. The maximum absolute atomic E-state index is 6.77. The molecule has 41 heavy (non-hydrogen) atoms. The van der Waals surface area contributed by atoms with Gasteiger partial charge in [-0.25, -0.2) is 4.98 Å². The van der Waals surface area contributed by atoms with E-state index in [-0.39, 0.29) is 6.04 Å². The Morgan fingerprint density at radius 2 is 1.54 bits per heavy atom. The second-order valence-corrected chi connectivity index (χ2v) is 10.6. The van der Waals surface area contributed by atoms with Gasteiger partial charge in [-0.3, -0.25) is 9.58 Å². The van der Waals surface area contributed by atoms with E-state index >= 15 is 0 Å². The van der Waals surface area contributed by atoms with Crippen molar-refractivity contribution in [2.75, 3.05) is 18.6 Å². The molecule has 1 unspecified atom stereocenters. The molecule has 0 saturated heterocycles. The Bertz CT molecular complexity index is 1530. The number of methoxy groups -OCH3 is 1. The number of nitrogens with zero attached hydrogens (tertiary/aromatic N) is 6. The lowest BCUT2D eigenvalue weighted by molar-refractivity contribution is 0.184. The number of fused-ring (bicyclic) bond motifs is 4. The van der Waals surface area contributed by atoms with Crippen molar-refractivity contribution in [1.29, 1.82) is 0 Å². The first kappa shape index (κ1) is 26.8. The largest absolute Gasteiger partial charge is 0.497 e. The van der Waals surface area contributed by atoms with Crippen LogP contribution in [0, 0.1) is 6.92 Å². The smallest absolute Gasteiger partial charge is 0.220 e. The number of benzene rings is 3. The van der Waals surface area contributed by atoms with Crippen LogP contribution in [0.25, 0.3) is 0 Å².